The first-order valence-corrected chi connectivity index (χ1v) is 2.95. The van der Waals surface area contributed by atoms with Gasteiger partial charge in [0.2, 0.25) is 0 Å². The van der Waals surface area contributed by atoms with Gasteiger partial charge in [0, 0.05) is 0 Å². The number of benzene rings is 1. The van der Waals surface area contributed by atoms with Crippen molar-refractivity contribution < 1.29 is 9.90 Å². The van der Waals surface area contributed by atoms with E-state index in [-0.39, 0.29) is 5.56 Å². The van der Waals surface area contributed by atoms with E-state index in [2.05, 4.69) is 0 Å². The van der Waals surface area contributed by atoms with Gasteiger partial charge in [-0.1, -0.05) is 6.07 Å². The minimum absolute atomic E-state index is 0.0315. The standard InChI is InChI=1S/C8H4NO2/c9-5-6-2-1-3-7(4-6)8(10)11/h1-4H. The van der Waals surface area contributed by atoms with Crippen LogP contribution in [0.3, 0.4) is 0 Å². The molecule has 0 spiro atoms. The van der Waals surface area contributed by atoms with E-state index in [1.54, 1.807) is 0 Å². The first-order valence-electron chi connectivity index (χ1n) is 2.95. The number of hydrogen-bond donors (Lipinski definition) is 0. The van der Waals surface area contributed by atoms with Crippen molar-refractivity contribution in [2.24, 2.45) is 0 Å². The third kappa shape index (κ3) is 1.55. The molecule has 0 heterocycles. The molecule has 1 radical (unpaired) electrons. The fourth-order valence-corrected chi connectivity index (χ4v) is 0.716. The number of carbonyl (C=O) groups is 1. The van der Waals surface area contributed by atoms with Crippen LogP contribution < -0.4 is 0 Å². The Kier molecular flexibility index (Phi) is 1.88. The second-order valence-corrected chi connectivity index (χ2v) is 1.98. The normalized spacial score (nSPS) is 8.64. The molecule has 0 unspecified atom stereocenters. The predicted octanol–water partition coefficient (Wildman–Crippen LogP) is 1.13. The van der Waals surface area contributed by atoms with Crippen LogP contribution in [0.25, 0.3) is 0 Å². The number of nitrogens with zero attached hydrogens (tertiary/aromatic N) is 1. The van der Waals surface area contributed by atoms with Crippen molar-refractivity contribution in [2.45, 2.75) is 0 Å². The summed E-state index contributed by atoms with van der Waals surface area (Å²) in [5.41, 5.74) is 0.357. The van der Waals surface area contributed by atoms with Gasteiger partial charge in [-0.2, -0.15) is 5.26 Å². The van der Waals surface area contributed by atoms with Crippen molar-refractivity contribution in [3.05, 3.63) is 35.4 Å². The van der Waals surface area contributed by atoms with E-state index in [1.807, 2.05) is 6.07 Å². The molecule has 0 bridgehead atoms. The lowest BCUT2D eigenvalue weighted by atomic mass is 10.1. The molecule has 0 aliphatic heterocycles. The van der Waals surface area contributed by atoms with Crippen LogP contribution in [0.1, 0.15) is 15.9 Å². The third-order valence-corrected chi connectivity index (χ3v) is 1.23. The summed E-state index contributed by atoms with van der Waals surface area (Å²) >= 11 is 0. The van der Waals surface area contributed by atoms with Crippen molar-refractivity contribution in [3.63, 3.8) is 0 Å². The van der Waals surface area contributed by atoms with E-state index in [4.69, 9.17) is 5.26 Å². The maximum atomic E-state index is 10.2. The molecule has 0 saturated carbocycles. The Morgan fingerprint density at radius 2 is 2.18 bits per heavy atom. The van der Waals surface area contributed by atoms with Crippen LogP contribution >= 0.6 is 0 Å². The van der Waals surface area contributed by atoms with Crippen molar-refractivity contribution in [3.8, 4) is 6.07 Å². The van der Waals surface area contributed by atoms with Crippen LogP contribution in [0.15, 0.2) is 24.3 Å². The molecule has 0 fully saturated rings. The first-order chi connectivity index (χ1) is 5.24. The Labute approximate surface area is 63.5 Å². The van der Waals surface area contributed by atoms with Crippen LogP contribution in [0.4, 0.5) is 0 Å². The second-order valence-electron chi connectivity index (χ2n) is 1.98. The maximum absolute atomic E-state index is 10.2. The van der Waals surface area contributed by atoms with Gasteiger partial charge >= 0.3 is 5.97 Å². The van der Waals surface area contributed by atoms with Gasteiger partial charge in [-0.05, 0) is 18.2 Å². The Bertz CT molecular complexity index is 325. The molecule has 3 nitrogen and oxygen atoms in total. The smallest absolute Gasteiger partial charge is 0.242 e. The highest BCUT2D eigenvalue weighted by Gasteiger charge is 2.03. The summed E-state index contributed by atoms with van der Waals surface area (Å²) in [5.74, 6) is -1.26. The first kappa shape index (κ1) is 7.29. The van der Waals surface area contributed by atoms with E-state index in [9.17, 15) is 9.90 Å². The minimum atomic E-state index is -1.26. The van der Waals surface area contributed by atoms with E-state index in [0.29, 0.717) is 5.56 Å². The molecule has 0 atom stereocenters. The monoisotopic (exact) mass is 146 g/mol. The number of nitriles is 1. The molecule has 53 valence electrons. The fraction of sp³-hybridized carbons (Fsp3) is 0. The van der Waals surface area contributed by atoms with Gasteiger partial charge < -0.3 is 0 Å². The average molecular weight is 146 g/mol. The fourth-order valence-electron chi connectivity index (χ4n) is 0.716. The molecule has 11 heavy (non-hydrogen) atoms. The predicted molar refractivity (Wildman–Crippen MR) is 36.2 cm³/mol. The Morgan fingerprint density at radius 3 is 2.73 bits per heavy atom. The highest BCUT2D eigenvalue weighted by atomic mass is 16.4. The molecule has 0 aromatic heterocycles. The summed E-state index contributed by atoms with van der Waals surface area (Å²) in [6.45, 7) is 0. The van der Waals surface area contributed by atoms with Crippen molar-refractivity contribution in [1.82, 2.24) is 0 Å². The molecule has 0 N–H and O–H groups in total. The highest BCUT2D eigenvalue weighted by Crippen LogP contribution is 2.03. The molecule has 1 rings (SSSR count). The zero-order chi connectivity index (χ0) is 8.27. The van der Waals surface area contributed by atoms with Gasteiger partial charge in [0.05, 0.1) is 17.2 Å². The van der Waals surface area contributed by atoms with Crippen molar-refractivity contribution >= 4 is 5.97 Å². The van der Waals surface area contributed by atoms with Crippen LogP contribution in [0.2, 0.25) is 0 Å². The van der Waals surface area contributed by atoms with E-state index < -0.39 is 5.97 Å². The number of hydrogen-bond acceptors (Lipinski definition) is 2. The van der Waals surface area contributed by atoms with Crippen LogP contribution in [-0.2, 0) is 5.11 Å². The van der Waals surface area contributed by atoms with Crippen molar-refractivity contribution in [2.75, 3.05) is 0 Å². The molecule has 3 heteroatoms. The number of carbonyl (C=O) groups excluding carboxylic acids is 1. The van der Waals surface area contributed by atoms with Crippen LogP contribution in [-0.4, -0.2) is 5.97 Å². The summed E-state index contributed by atoms with van der Waals surface area (Å²) < 4.78 is 0. The molecule has 1 aromatic carbocycles. The molecular formula is C8H4NO2. The molecule has 0 saturated heterocycles. The molecular weight excluding hydrogens is 142 g/mol. The number of rotatable bonds is 1. The van der Waals surface area contributed by atoms with Gasteiger partial charge in [-0.25, -0.2) is 9.90 Å². The molecule has 0 amide bonds. The Balaban J connectivity index is 3.13. The van der Waals surface area contributed by atoms with E-state index >= 15 is 0 Å². The van der Waals surface area contributed by atoms with Gasteiger partial charge in [0.25, 0.3) is 0 Å². The van der Waals surface area contributed by atoms with Crippen molar-refractivity contribution in [1.29, 1.82) is 5.26 Å². The van der Waals surface area contributed by atoms with Gasteiger partial charge in [-0.15, -0.1) is 0 Å². The summed E-state index contributed by atoms with van der Waals surface area (Å²) in [6.07, 6.45) is 0. The minimum Gasteiger partial charge on any atom is -0.242 e. The largest absolute Gasteiger partial charge is 0.386 e. The topological polar surface area (TPSA) is 60.8 Å². The quantitative estimate of drug-likeness (QED) is 0.596. The van der Waals surface area contributed by atoms with E-state index in [1.165, 1.54) is 24.3 Å². The average Bonchev–Trinajstić information content (AvgIpc) is 2.05. The Hall–Kier alpha value is -1.82. The molecule has 0 aliphatic carbocycles. The summed E-state index contributed by atoms with van der Waals surface area (Å²) in [6, 6.07) is 7.53. The van der Waals surface area contributed by atoms with Gasteiger partial charge in [0.1, 0.15) is 0 Å². The van der Waals surface area contributed by atoms with Gasteiger partial charge in [-0.3, -0.25) is 0 Å². The zero-order valence-corrected chi connectivity index (χ0v) is 5.57. The molecule has 0 aliphatic rings. The summed E-state index contributed by atoms with van der Waals surface area (Å²) in [7, 11) is 0. The lowest BCUT2D eigenvalue weighted by Crippen LogP contribution is -1.93. The summed E-state index contributed by atoms with van der Waals surface area (Å²) in [5, 5.41) is 18.6. The third-order valence-electron chi connectivity index (χ3n) is 1.23. The molecule has 1 aromatic rings. The lowest BCUT2D eigenvalue weighted by molar-refractivity contribution is 0.0573. The highest BCUT2D eigenvalue weighted by molar-refractivity contribution is 5.87. The van der Waals surface area contributed by atoms with Crippen LogP contribution in [0.5, 0.6) is 0 Å². The maximum Gasteiger partial charge on any atom is 0.386 e. The second kappa shape index (κ2) is 2.84. The SMILES string of the molecule is N#Cc1cccc(C([O])=O)c1. The van der Waals surface area contributed by atoms with Gasteiger partial charge in [0.15, 0.2) is 0 Å². The van der Waals surface area contributed by atoms with Crippen LogP contribution in [0, 0.1) is 11.3 Å². The lowest BCUT2D eigenvalue weighted by Gasteiger charge is -1.89. The van der Waals surface area contributed by atoms with E-state index in [0.717, 1.165) is 0 Å². The zero-order valence-electron chi connectivity index (χ0n) is 5.57. The summed E-state index contributed by atoms with van der Waals surface area (Å²) in [4.78, 5) is 10.2. The Morgan fingerprint density at radius 1 is 1.45 bits per heavy atom.